The summed E-state index contributed by atoms with van der Waals surface area (Å²) >= 11 is 0. The van der Waals surface area contributed by atoms with E-state index < -0.39 is 0 Å². The third kappa shape index (κ3) is 4.81. The van der Waals surface area contributed by atoms with Gasteiger partial charge in [0, 0.05) is 45.4 Å². The fraction of sp³-hybridized carbons (Fsp3) is 0.0612. The van der Waals surface area contributed by atoms with Crippen LogP contribution >= 0.6 is 0 Å². The molecule has 3 aromatic heterocycles. The van der Waals surface area contributed by atoms with Crippen LogP contribution in [-0.2, 0) is 5.41 Å². The topological polar surface area (TPSA) is 30.7 Å². The Balaban J connectivity index is 0.957. The second-order valence-corrected chi connectivity index (χ2v) is 14.3. The van der Waals surface area contributed by atoms with Gasteiger partial charge in [-0.25, -0.2) is 0 Å². The maximum Gasteiger partial charge on any atom is 0.0717 e. The summed E-state index contributed by atoms with van der Waals surface area (Å²) in [4.78, 5) is 9.20. The van der Waals surface area contributed by atoms with Crippen molar-refractivity contribution in [2.75, 3.05) is 0 Å². The zero-order valence-corrected chi connectivity index (χ0v) is 29.1. The number of benzene rings is 6. The van der Waals surface area contributed by atoms with Gasteiger partial charge in [-0.1, -0.05) is 117 Å². The minimum absolute atomic E-state index is 0.139. The van der Waals surface area contributed by atoms with Crippen molar-refractivity contribution in [3.63, 3.8) is 0 Å². The molecule has 0 radical (unpaired) electrons. The Bertz CT molecular complexity index is 2740. The number of fused-ring (bicyclic) bond motifs is 6. The normalized spacial score (nSPS) is 13.0. The van der Waals surface area contributed by atoms with Gasteiger partial charge in [0.1, 0.15) is 0 Å². The highest BCUT2D eigenvalue weighted by molar-refractivity contribution is 6.09. The van der Waals surface area contributed by atoms with Gasteiger partial charge in [0.15, 0.2) is 0 Å². The first-order chi connectivity index (χ1) is 25.5. The summed E-state index contributed by atoms with van der Waals surface area (Å²) < 4.78 is 2.39. The van der Waals surface area contributed by atoms with Crippen LogP contribution in [0, 0.1) is 0 Å². The highest BCUT2D eigenvalue weighted by Gasteiger charge is 2.36. The number of hydrogen-bond acceptors (Lipinski definition) is 2. The summed E-state index contributed by atoms with van der Waals surface area (Å²) in [7, 11) is 0. The van der Waals surface area contributed by atoms with E-state index in [9.17, 15) is 0 Å². The van der Waals surface area contributed by atoms with Gasteiger partial charge in [0.2, 0.25) is 0 Å². The van der Waals surface area contributed by atoms with Gasteiger partial charge in [0.05, 0.1) is 22.4 Å². The number of aromatic nitrogens is 3. The Morgan fingerprint density at radius 2 is 0.981 bits per heavy atom. The van der Waals surface area contributed by atoms with Crippen LogP contribution in [0.4, 0.5) is 0 Å². The number of pyridine rings is 2. The fourth-order valence-electron chi connectivity index (χ4n) is 8.21. The standard InChI is InChI=1S/C49H35N3/c1-49(2)43-29-35(32-17-19-33(20-18-32)46-26-23-37(31-51-46)45-14-7-8-27-50-45)21-24-39(43)40-25-22-36(30-44(40)49)34-10-9-11-38(28-34)52-47-15-5-3-12-41(47)42-13-4-6-16-48(42)52/h3-31H,1-2H3. The summed E-state index contributed by atoms with van der Waals surface area (Å²) in [6, 6.07) is 59.3. The summed E-state index contributed by atoms with van der Waals surface area (Å²) in [6.07, 6.45) is 3.71. The Hall–Kier alpha value is -6.58. The van der Waals surface area contributed by atoms with E-state index in [0.717, 1.165) is 22.5 Å². The molecular weight excluding hydrogens is 631 g/mol. The predicted octanol–water partition coefficient (Wildman–Crippen LogP) is 12.5. The van der Waals surface area contributed by atoms with Crippen LogP contribution in [0.2, 0.25) is 0 Å². The zero-order chi connectivity index (χ0) is 34.8. The van der Waals surface area contributed by atoms with Crippen molar-refractivity contribution in [2.45, 2.75) is 19.3 Å². The molecule has 3 heteroatoms. The number of nitrogens with zero attached hydrogens (tertiary/aromatic N) is 3. The van der Waals surface area contributed by atoms with Gasteiger partial charge in [0.25, 0.3) is 0 Å². The Labute approximate surface area is 303 Å². The summed E-state index contributed by atoms with van der Waals surface area (Å²) in [6.45, 7) is 4.73. The first kappa shape index (κ1) is 30.3. The van der Waals surface area contributed by atoms with E-state index in [-0.39, 0.29) is 5.41 Å². The second kappa shape index (κ2) is 11.8. The molecule has 0 atom stereocenters. The van der Waals surface area contributed by atoms with Crippen LogP contribution in [0.3, 0.4) is 0 Å². The highest BCUT2D eigenvalue weighted by Crippen LogP contribution is 2.50. The van der Waals surface area contributed by atoms with Gasteiger partial charge in [-0.3, -0.25) is 9.97 Å². The predicted molar refractivity (Wildman–Crippen MR) is 216 cm³/mol. The first-order valence-corrected chi connectivity index (χ1v) is 17.9. The molecule has 0 saturated heterocycles. The smallest absolute Gasteiger partial charge is 0.0717 e. The third-order valence-corrected chi connectivity index (χ3v) is 10.9. The minimum Gasteiger partial charge on any atom is -0.309 e. The van der Waals surface area contributed by atoms with Crippen LogP contribution in [0.5, 0.6) is 0 Å². The molecule has 3 nitrogen and oxygen atoms in total. The van der Waals surface area contributed by atoms with Gasteiger partial charge in [-0.2, -0.15) is 0 Å². The maximum absolute atomic E-state index is 4.75. The number of hydrogen-bond donors (Lipinski definition) is 0. The largest absolute Gasteiger partial charge is 0.309 e. The molecule has 0 fully saturated rings. The van der Waals surface area contributed by atoms with E-state index in [0.29, 0.717) is 0 Å². The van der Waals surface area contributed by atoms with Gasteiger partial charge >= 0.3 is 0 Å². The average Bonchev–Trinajstić information content (AvgIpc) is 3.66. The molecule has 1 aliphatic carbocycles. The number of rotatable bonds is 5. The zero-order valence-electron chi connectivity index (χ0n) is 29.1. The van der Waals surface area contributed by atoms with Crippen molar-refractivity contribution in [3.05, 3.63) is 187 Å². The Morgan fingerprint density at radius 1 is 0.423 bits per heavy atom. The van der Waals surface area contributed by atoms with Gasteiger partial charge in [-0.05, 0) is 105 Å². The molecule has 0 spiro atoms. The third-order valence-electron chi connectivity index (χ3n) is 10.9. The van der Waals surface area contributed by atoms with E-state index in [1.807, 2.05) is 30.6 Å². The van der Waals surface area contributed by atoms with Crippen LogP contribution in [0.1, 0.15) is 25.0 Å². The SMILES string of the molecule is CC1(C)c2cc(-c3ccc(-c4ccc(-c5ccccn5)cn4)cc3)ccc2-c2ccc(-c3cccc(-n4c5ccccc5c5ccccc54)c3)cc21. The molecule has 52 heavy (non-hydrogen) atoms. The van der Waals surface area contributed by atoms with E-state index >= 15 is 0 Å². The van der Waals surface area contributed by atoms with Crippen molar-refractivity contribution in [1.29, 1.82) is 0 Å². The van der Waals surface area contributed by atoms with Crippen LogP contribution in [0.25, 0.3) is 83.4 Å². The van der Waals surface area contributed by atoms with E-state index in [2.05, 4.69) is 169 Å². The number of para-hydroxylation sites is 2. The van der Waals surface area contributed by atoms with Crippen LogP contribution < -0.4 is 0 Å². The fourth-order valence-corrected chi connectivity index (χ4v) is 8.21. The summed E-state index contributed by atoms with van der Waals surface area (Å²) in [5.41, 5.74) is 17.7. The summed E-state index contributed by atoms with van der Waals surface area (Å²) in [5, 5.41) is 2.55. The molecule has 0 aliphatic heterocycles. The van der Waals surface area contributed by atoms with E-state index in [1.54, 1.807) is 0 Å². The van der Waals surface area contributed by atoms with Gasteiger partial charge < -0.3 is 4.57 Å². The van der Waals surface area contributed by atoms with Crippen molar-refractivity contribution in [2.24, 2.45) is 0 Å². The van der Waals surface area contributed by atoms with Crippen molar-refractivity contribution in [1.82, 2.24) is 14.5 Å². The lowest BCUT2D eigenvalue weighted by Gasteiger charge is -2.23. The Morgan fingerprint density at radius 3 is 1.62 bits per heavy atom. The monoisotopic (exact) mass is 665 g/mol. The molecule has 6 aromatic carbocycles. The van der Waals surface area contributed by atoms with Crippen molar-refractivity contribution in [3.8, 4) is 61.6 Å². The molecule has 10 rings (SSSR count). The molecular formula is C49H35N3. The van der Waals surface area contributed by atoms with Crippen molar-refractivity contribution >= 4 is 21.8 Å². The molecule has 3 heterocycles. The van der Waals surface area contributed by atoms with E-state index in [4.69, 9.17) is 4.98 Å². The van der Waals surface area contributed by atoms with Gasteiger partial charge in [-0.15, -0.1) is 0 Å². The molecule has 246 valence electrons. The molecule has 1 aliphatic rings. The lowest BCUT2D eigenvalue weighted by Crippen LogP contribution is -2.15. The molecule has 0 N–H and O–H groups in total. The van der Waals surface area contributed by atoms with E-state index in [1.165, 1.54) is 72.0 Å². The van der Waals surface area contributed by atoms with Crippen molar-refractivity contribution < 1.29 is 0 Å². The lowest BCUT2D eigenvalue weighted by molar-refractivity contribution is 0.661. The highest BCUT2D eigenvalue weighted by atomic mass is 15.0. The molecule has 9 aromatic rings. The average molecular weight is 666 g/mol. The maximum atomic E-state index is 4.75. The first-order valence-electron chi connectivity index (χ1n) is 17.9. The lowest BCUT2D eigenvalue weighted by atomic mass is 9.81. The summed E-state index contributed by atoms with van der Waals surface area (Å²) in [5.74, 6) is 0. The molecule has 0 unspecified atom stereocenters. The minimum atomic E-state index is -0.139. The molecule has 0 amide bonds. The quantitative estimate of drug-likeness (QED) is 0.183. The van der Waals surface area contributed by atoms with Crippen LogP contribution in [-0.4, -0.2) is 14.5 Å². The van der Waals surface area contributed by atoms with Crippen LogP contribution in [0.15, 0.2) is 176 Å². The second-order valence-electron chi connectivity index (χ2n) is 14.3. The molecule has 0 bridgehead atoms. The Kier molecular flexibility index (Phi) is 6.84. The molecule has 0 saturated carbocycles.